The van der Waals surface area contributed by atoms with E-state index in [2.05, 4.69) is 11.8 Å². The Balaban J connectivity index is 2.20. The first-order valence-electron chi connectivity index (χ1n) is 7.29. The van der Waals surface area contributed by atoms with Gasteiger partial charge in [0.15, 0.2) is 5.78 Å². The van der Waals surface area contributed by atoms with Gasteiger partial charge in [0.25, 0.3) is 5.69 Å². The van der Waals surface area contributed by atoms with Crippen molar-refractivity contribution in [3.05, 3.63) is 33.9 Å². The van der Waals surface area contributed by atoms with Crippen LogP contribution in [-0.4, -0.2) is 48.3 Å². The number of nitro benzene ring substituents is 1. The van der Waals surface area contributed by atoms with E-state index in [1.165, 1.54) is 13.0 Å². The van der Waals surface area contributed by atoms with Crippen molar-refractivity contribution in [1.82, 2.24) is 4.90 Å². The Labute approximate surface area is 124 Å². The summed E-state index contributed by atoms with van der Waals surface area (Å²) in [4.78, 5) is 26.6. The molecule has 114 valence electrons. The number of rotatable bonds is 5. The standard InChI is InChI=1S/C15H21N3O3/c1-3-6-16-7-9-17(10-8-16)14-5-4-13(12(2)19)11-15(14)18(20)21/h4-5,11H,3,6-10H2,1-2H3. The van der Waals surface area contributed by atoms with Crippen molar-refractivity contribution in [3.8, 4) is 0 Å². The molecule has 1 aromatic carbocycles. The zero-order valence-electron chi connectivity index (χ0n) is 12.5. The summed E-state index contributed by atoms with van der Waals surface area (Å²) in [5, 5.41) is 11.3. The van der Waals surface area contributed by atoms with Crippen molar-refractivity contribution in [2.24, 2.45) is 0 Å². The van der Waals surface area contributed by atoms with Crippen LogP contribution >= 0.6 is 0 Å². The van der Waals surface area contributed by atoms with Gasteiger partial charge in [0, 0.05) is 37.8 Å². The van der Waals surface area contributed by atoms with Gasteiger partial charge in [-0.1, -0.05) is 6.92 Å². The smallest absolute Gasteiger partial charge is 0.293 e. The Morgan fingerprint density at radius 3 is 2.48 bits per heavy atom. The molecule has 21 heavy (non-hydrogen) atoms. The van der Waals surface area contributed by atoms with Crippen molar-refractivity contribution >= 4 is 17.2 Å². The first-order valence-corrected chi connectivity index (χ1v) is 7.29. The number of benzene rings is 1. The molecule has 0 aliphatic carbocycles. The Morgan fingerprint density at radius 1 is 1.29 bits per heavy atom. The number of nitrogens with zero attached hydrogens (tertiary/aromatic N) is 3. The van der Waals surface area contributed by atoms with Crippen molar-refractivity contribution in [2.75, 3.05) is 37.6 Å². The molecule has 1 fully saturated rings. The number of Topliss-reactive ketones (excluding diaryl/α,β-unsaturated/α-hetero) is 1. The summed E-state index contributed by atoms with van der Waals surface area (Å²) in [6, 6.07) is 4.75. The normalized spacial score (nSPS) is 16.0. The van der Waals surface area contributed by atoms with Crippen LogP contribution in [0, 0.1) is 10.1 Å². The lowest BCUT2D eigenvalue weighted by molar-refractivity contribution is -0.384. The molecule has 2 rings (SSSR count). The maximum Gasteiger partial charge on any atom is 0.293 e. The fraction of sp³-hybridized carbons (Fsp3) is 0.533. The van der Waals surface area contributed by atoms with Gasteiger partial charge in [-0.15, -0.1) is 0 Å². The van der Waals surface area contributed by atoms with E-state index in [0.29, 0.717) is 11.3 Å². The molecule has 0 N–H and O–H groups in total. The minimum absolute atomic E-state index is 0.0200. The average Bonchev–Trinajstić information content (AvgIpc) is 2.47. The third-order valence-electron chi connectivity index (χ3n) is 3.83. The molecule has 0 aromatic heterocycles. The van der Waals surface area contributed by atoms with Crippen molar-refractivity contribution < 1.29 is 9.72 Å². The molecule has 6 nitrogen and oxygen atoms in total. The van der Waals surface area contributed by atoms with Gasteiger partial charge in [-0.2, -0.15) is 0 Å². The van der Waals surface area contributed by atoms with E-state index in [1.807, 2.05) is 4.90 Å². The zero-order chi connectivity index (χ0) is 15.4. The van der Waals surface area contributed by atoms with Gasteiger partial charge >= 0.3 is 0 Å². The predicted molar refractivity (Wildman–Crippen MR) is 82.0 cm³/mol. The van der Waals surface area contributed by atoms with Crippen LogP contribution in [-0.2, 0) is 0 Å². The number of nitro groups is 1. The number of carbonyl (C=O) groups excluding carboxylic acids is 1. The van der Waals surface area contributed by atoms with Gasteiger partial charge < -0.3 is 4.90 Å². The molecule has 0 spiro atoms. The molecule has 0 unspecified atom stereocenters. The van der Waals surface area contributed by atoms with Gasteiger partial charge in [-0.3, -0.25) is 19.8 Å². The first kappa shape index (κ1) is 15.4. The molecule has 1 saturated heterocycles. The number of hydrogen-bond acceptors (Lipinski definition) is 5. The highest BCUT2D eigenvalue weighted by molar-refractivity contribution is 5.95. The highest BCUT2D eigenvalue weighted by atomic mass is 16.6. The maximum atomic E-state index is 11.4. The molecule has 0 atom stereocenters. The van der Waals surface area contributed by atoms with Crippen LogP contribution in [0.1, 0.15) is 30.6 Å². The highest BCUT2D eigenvalue weighted by Crippen LogP contribution is 2.30. The third-order valence-corrected chi connectivity index (χ3v) is 3.83. The van der Waals surface area contributed by atoms with Crippen LogP contribution in [0.4, 0.5) is 11.4 Å². The number of anilines is 1. The Kier molecular flexibility index (Phi) is 4.90. The van der Waals surface area contributed by atoms with Crippen LogP contribution < -0.4 is 4.90 Å². The molecular formula is C15H21N3O3. The average molecular weight is 291 g/mol. The first-order chi connectivity index (χ1) is 10.0. The summed E-state index contributed by atoms with van der Waals surface area (Å²) in [6.07, 6.45) is 1.12. The molecule has 0 radical (unpaired) electrons. The summed E-state index contributed by atoms with van der Waals surface area (Å²) in [6.45, 7) is 8.03. The van der Waals surface area contributed by atoms with Crippen molar-refractivity contribution in [1.29, 1.82) is 0 Å². The Hall–Kier alpha value is -1.95. The predicted octanol–water partition coefficient (Wildman–Crippen LogP) is 2.33. The van der Waals surface area contributed by atoms with E-state index >= 15 is 0 Å². The van der Waals surface area contributed by atoms with Crippen LogP contribution in [0.25, 0.3) is 0 Å². The number of ketones is 1. The monoisotopic (exact) mass is 291 g/mol. The Bertz CT molecular complexity index is 537. The summed E-state index contributed by atoms with van der Waals surface area (Å²) in [7, 11) is 0. The molecule has 0 saturated carbocycles. The lowest BCUT2D eigenvalue weighted by atomic mass is 10.1. The van der Waals surface area contributed by atoms with Crippen LogP contribution in [0.15, 0.2) is 18.2 Å². The lowest BCUT2D eigenvalue weighted by Gasteiger charge is -2.35. The molecule has 6 heteroatoms. The van der Waals surface area contributed by atoms with E-state index in [-0.39, 0.29) is 11.5 Å². The SMILES string of the molecule is CCCN1CCN(c2ccc(C(C)=O)cc2[N+](=O)[O-])CC1. The summed E-state index contributed by atoms with van der Waals surface area (Å²) in [5.74, 6) is -0.155. The molecule has 0 bridgehead atoms. The third kappa shape index (κ3) is 3.58. The molecule has 1 aliphatic heterocycles. The van der Waals surface area contributed by atoms with Gasteiger partial charge in [-0.05, 0) is 32.0 Å². The Morgan fingerprint density at radius 2 is 1.95 bits per heavy atom. The summed E-state index contributed by atoms with van der Waals surface area (Å²) in [5.41, 5.74) is 1.02. The second kappa shape index (κ2) is 6.67. The van der Waals surface area contributed by atoms with Gasteiger partial charge in [-0.25, -0.2) is 0 Å². The maximum absolute atomic E-state index is 11.4. The van der Waals surface area contributed by atoms with Gasteiger partial charge in [0.2, 0.25) is 0 Å². The number of piperazine rings is 1. The minimum Gasteiger partial charge on any atom is -0.363 e. The lowest BCUT2D eigenvalue weighted by Crippen LogP contribution is -2.46. The summed E-state index contributed by atoms with van der Waals surface area (Å²) < 4.78 is 0. The largest absolute Gasteiger partial charge is 0.363 e. The van der Waals surface area contributed by atoms with Crippen LogP contribution in [0.2, 0.25) is 0 Å². The van der Waals surface area contributed by atoms with Crippen LogP contribution in [0.3, 0.4) is 0 Å². The van der Waals surface area contributed by atoms with Gasteiger partial charge in [0.05, 0.1) is 4.92 Å². The van der Waals surface area contributed by atoms with E-state index in [0.717, 1.165) is 39.1 Å². The number of carbonyl (C=O) groups is 1. The van der Waals surface area contributed by atoms with Crippen molar-refractivity contribution in [2.45, 2.75) is 20.3 Å². The van der Waals surface area contributed by atoms with E-state index in [9.17, 15) is 14.9 Å². The van der Waals surface area contributed by atoms with E-state index < -0.39 is 4.92 Å². The second-order valence-electron chi connectivity index (χ2n) is 5.35. The van der Waals surface area contributed by atoms with Crippen LogP contribution in [0.5, 0.6) is 0 Å². The van der Waals surface area contributed by atoms with Crippen molar-refractivity contribution in [3.63, 3.8) is 0 Å². The second-order valence-corrected chi connectivity index (χ2v) is 5.35. The number of hydrogen-bond donors (Lipinski definition) is 0. The van der Waals surface area contributed by atoms with E-state index in [1.54, 1.807) is 12.1 Å². The topological polar surface area (TPSA) is 66.7 Å². The minimum atomic E-state index is -0.403. The highest BCUT2D eigenvalue weighted by Gasteiger charge is 2.24. The molecule has 1 aromatic rings. The molecule has 1 heterocycles. The fourth-order valence-corrected chi connectivity index (χ4v) is 2.68. The molecular weight excluding hydrogens is 270 g/mol. The quantitative estimate of drug-likeness (QED) is 0.473. The zero-order valence-corrected chi connectivity index (χ0v) is 12.5. The van der Waals surface area contributed by atoms with Gasteiger partial charge in [0.1, 0.15) is 5.69 Å². The fourth-order valence-electron chi connectivity index (χ4n) is 2.68. The summed E-state index contributed by atoms with van der Waals surface area (Å²) >= 11 is 0. The molecule has 0 amide bonds. The molecule has 1 aliphatic rings. The van der Waals surface area contributed by atoms with E-state index in [4.69, 9.17) is 0 Å².